The monoisotopic (exact) mass is 371 g/mol. The summed E-state index contributed by atoms with van der Waals surface area (Å²) in [4.78, 5) is 23.8. The highest BCUT2D eigenvalue weighted by Gasteiger charge is 2.15. The Morgan fingerprint density at radius 2 is 1.80 bits per heavy atom. The first-order chi connectivity index (χ1) is 11.9. The highest BCUT2D eigenvalue weighted by atomic mass is 32.2. The van der Waals surface area contributed by atoms with Gasteiger partial charge in [0.1, 0.15) is 15.7 Å². The van der Waals surface area contributed by atoms with Crippen molar-refractivity contribution in [1.82, 2.24) is 9.97 Å². The molecule has 2 aromatic heterocycles. The average molecular weight is 372 g/mol. The molecule has 0 unspecified atom stereocenters. The first kappa shape index (κ1) is 17.9. The molecule has 3 aromatic rings. The SMILES string of the molecule is Cc1nc(SCC(=O)Nc2c(C)cccc2C)c2c(C)c(C)sc2n1. The minimum Gasteiger partial charge on any atom is -0.325 e. The van der Waals surface area contributed by atoms with E-state index in [2.05, 4.69) is 29.1 Å². The Bertz CT molecular complexity index is 943. The van der Waals surface area contributed by atoms with Crippen molar-refractivity contribution in [2.75, 3.05) is 11.1 Å². The van der Waals surface area contributed by atoms with E-state index in [1.54, 1.807) is 11.3 Å². The second-order valence-corrected chi connectivity index (χ2v) is 8.31. The topological polar surface area (TPSA) is 54.9 Å². The number of thioether (sulfide) groups is 1. The summed E-state index contributed by atoms with van der Waals surface area (Å²) in [6.07, 6.45) is 0. The zero-order valence-corrected chi connectivity index (χ0v) is 16.7. The van der Waals surface area contributed by atoms with Gasteiger partial charge >= 0.3 is 0 Å². The number of hydrogen-bond acceptors (Lipinski definition) is 5. The van der Waals surface area contributed by atoms with E-state index in [1.165, 1.54) is 22.2 Å². The average Bonchev–Trinajstić information content (AvgIpc) is 2.83. The van der Waals surface area contributed by atoms with Crippen molar-refractivity contribution >= 4 is 44.9 Å². The summed E-state index contributed by atoms with van der Waals surface area (Å²) >= 11 is 3.16. The summed E-state index contributed by atoms with van der Waals surface area (Å²) < 4.78 is 0. The minimum absolute atomic E-state index is 0.0172. The predicted octanol–water partition coefficient (Wildman–Crippen LogP) is 4.96. The smallest absolute Gasteiger partial charge is 0.234 e. The van der Waals surface area contributed by atoms with Crippen molar-refractivity contribution in [2.45, 2.75) is 39.6 Å². The highest BCUT2D eigenvalue weighted by molar-refractivity contribution is 8.00. The van der Waals surface area contributed by atoms with E-state index >= 15 is 0 Å². The van der Waals surface area contributed by atoms with E-state index in [0.29, 0.717) is 5.75 Å². The number of anilines is 1. The van der Waals surface area contributed by atoms with Crippen molar-refractivity contribution in [3.63, 3.8) is 0 Å². The van der Waals surface area contributed by atoms with Crippen LogP contribution in [0.1, 0.15) is 27.4 Å². The Morgan fingerprint density at radius 1 is 1.12 bits per heavy atom. The first-order valence-electron chi connectivity index (χ1n) is 8.10. The molecule has 130 valence electrons. The van der Waals surface area contributed by atoms with Crippen molar-refractivity contribution in [1.29, 1.82) is 0 Å². The van der Waals surface area contributed by atoms with Crippen LogP contribution in [0.15, 0.2) is 23.2 Å². The van der Waals surface area contributed by atoms with E-state index in [9.17, 15) is 4.79 Å². The number of fused-ring (bicyclic) bond motifs is 1. The molecule has 2 heterocycles. The van der Waals surface area contributed by atoms with Crippen molar-refractivity contribution in [2.24, 2.45) is 0 Å². The van der Waals surface area contributed by atoms with Gasteiger partial charge in [-0.1, -0.05) is 30.0 Å². The van der Waals surface area contributed by atoms with Gasteiger partial charge < -0.3 is 5.32 Å². The minimum atomic E-state index is -0.0172. The molecule has 0 bridgehead atoms. The van der Waals surface area contributed by atoms with Crippen LogP contribution < -0.4 is 5.32 Å². The summed E-state index contributed by atoms with van der Waals surface area (Å²) in [7, 11) is 0. The number of amides is 1. The number of nitrogens with zero attached hydrogens (tertiary/aromatic N) is 2. The molecule has 0 atom stereocenters. The van der Waals surface area contributed by atoms with Crippen LogP contribution in [-0.4, -0.2) is 21.6 Å². The molecule has 0 aliphatic rings. The van der Waals surface area contributed by atoms with Crippen molar-refractivity contribution in [3.05, 3.63) is 45.6 Å². The van der Waals surface area contributed by atoms with Crippen LogP contribution in [0.2, 0.25) is 0 Å². The summed E-state index contributed by atoms with van der Waals surface area (Å²) in [6, 6.07) is 6.01. The zero-order chi connectivity index (χ0) is 18.1. The van der Waals surface area contributed by atoms with Gasteiger partial charge in [0.15, 0.2) is 0 Å². The Balaban J connectivity index is 1.80. The maximum atomic E-state index is 12.4. The number of thiophene rings is 1. The van der Waals surface area contributed by atoms with Crippen LogP contribution in [0.25, 0.3) is 10.2 Å². The van der Waals surface area contributed by atoms with Crippen molar-refractivity contribution < 1.29 is 4.79 Å². The molecular weight excluding hydrogens is 350 g/mol. The summed E-state index contributed by atoms with van der Waals surface area (Å²) in [5.41, 5.74) is 4.25. The maximum Gasteiger partial charge on any atom is 0.234 e. The molecule has 1 aromatic carbocycles. The van der Waals surface area contributed by atoms with Gasteiger partial charge in [-0.3, -0.25) is 4.79 Å². The van der Waals surface area contributed by atoms with Crippen molar-refractivity contribution in [3.8, 4) is 0 Å². The van der Waals surface area contributed by atoms with E-state index < -0.39 is 0 Å². The Hall–Kier alpha value is -1.92. The molecular formula is C19H21N3OS2. The number of hydrogen-bond donors (Lipinski definition) is 1. The predicted molar refractivity (Wildman–Crippen MR) is 107 cm³/mol. The summed E-state index contributed by atoms with van der Waals surface area (Å²) in [5, 5.41) is 5.00. The van der Waals surface area contributed by atoms with Gasteiger partial charge in [-0.15, -0.1) is 11.3 Å². The summed E-state index contributed by atoms with van der Waals surface area (Å²) in [5.74, 6) is 1.05. The van der Waals surface area contributed by atoms with Gasteiger partial charge in [0, 0.05) is 16.0 Å². The highest BCUT2D eigenvalue weighted by Crippen LogP contribution is 2.35. The Labute approximate surface area is 156 Å². The normalized spacial score (nSPS) is 11.1. The molecule has 3 rings (SSSR count). The Kier molecular flexibility index (Phi) is 5.11. The quantitative estimate of drug-likeness (QED) is 0.520. The number of rotatable bonds is 4. The van der Waals surface area contributed by atoms with Gasteiger partial charge in [0.25, 0.3) is 0 Å². The number of para-hydroxylation sites is 1. The fourth-order valence-corrected chi connectivity index (χ4v) is 4.81. The molecule has 0 aliphatic carbocycles. The lowest BCUT2D eigenvalue weighted by molar-refractivity contribution is -0.113. The number of aryl methyl sites for hydroxylation is 5. The number of nitrogens with one attached hydrogen (secondary N) is 1. The zero-order valence-electron chi connectivity index (χ0n) is 15.1. The van der Waals surface area contributed by atoms with Gasteiger partial charge in [-0.2, -0.15) is 0 Å². The molecule has 0 saturated carbocycles. The van der Waals surface area contributed by atoms with E-state index in [4.69, 9.17) is 0 Å². The number of carbonyl (C=O) groups is 1. The lowest BCUT2D eigenvalue weighted by Gasteiger charge is -2.11. The van der Waals surface area contributed by atoms with Gasteiger partial charge in [-0.25, -0.2) is 9.97 Å². The summed E-state index contributed by atoms with van der Waals surface area (Å²) in [6.45, 7) is 10.1. The molecule has 1 amide bonds. The van der Waals surface area contributed by atoms with Gasteiger partial charge in [0.05, 0.1) is 5.75 Å². The molecule has 0 fully saturated rings. The lowest BCUT2D eigenvalue weighted by Crippen LogP contribution is -2.16. The fraction of sp³-hybridized carbons (Fsp3) is 0.316. The second-order valence-electron chi connectivity index (χ2n) is 6.14. The van der Waals surface area contributed by atoms with Crippen LogP contribution in [0.4, 0.5) is 5.69 Å². The molecule has 6 heteroatoms. The lowest BCUT2D eigenvalue weighted by atomic mass is 10.1. The number of carbonyl (C=O) groups excluding carboxylic acids is 1. The molecule has 0 aliphatic heterocycles. The third-order valence-corrected chi connectivity index (χ3v) is 6.27. The first-order valence-corrected chi connectivity index (χ1v) is 9.90. The third-order valence-electron chi connectivity index (χ3n) is 4.19. The van der Waals surface area contributed by atoms with Crippen LogP contribution in [0, 0.1) is 34.6 Å². The molecule has 0 saturated heterocycles. The standard InChI is InChI=1S/C19H21N3OS2/c1-10-7-6-8-11(2)17(10)22-15(23)9-24-18-16-12(3)13(4)25-19(16)21-14(5)20-18/h6-8H,9H2,1-5H3,(H,22,23). The third kappa shape index (κ3) is 3.70. The fourth-order valence-electron chi connectivity index (χ4n) is 2.74. The van der Waals surface area contributed by atoms with Crippen LogP contribution >= 0.6 is 23.1 Å². The number of benzene rings is 1. The van der Waals surface area contributed by atoms with Crippen LogP contribution in [0.3, 0.4) is 0 Å². The Morgan fingerprint density at radius 3 is 2.48 bits per heavy atom. The van der Waals surface area contributed by atoms with Crippen LogP contribution in [-0.2, 0) is 4.79 Å². The van der Waals surface area contributed by atoms with E-state index in [0.717, 1.165) is 37.9 Å². The maximum absolute atomic E-state index is 12.4. The second kappa shape index (κ2) is 7.14. The molecule has 1 N–H and O–H groups in total. The molecule has 4 nitrogen and oxygen atoms in total. The molecule has 0 spiro atoms. The molecule has 0 radical (unpaired) electrons. The van der Waals surface area contributed by atoms with Gasteiger partial charge in [0.2, 0.25) is 5.91 Å². The van der Waals surface area contributed by atoms with Gasteiger partial charge in [-0.05, 0) is 51.3 Å². The van der Waals surface area contributed by atoms with E-state index in [1.807, 2.05) is 39.0 Å². The van der Waals surface area contributed by atoms with Crippen LogP contribution in [0.5, 0.6) is 0 Å². The number of aromatic nitrogens is 2. The molecule has 25 heavy (non-hydrogen) atoms. The van der Waals surface area contributed by atoms with E-state index in [-0.39, 0.29) is 5.91 Å². The largest absolute Gasteiger partial charge is 0.325 e.